The number of anilines is 2. The number of benzene rings is 1. The van der Waals surface area contributed by atoms with Gasteiger partial charge < -0.3 is 10.6 Å². The Morgan fingerprint density at radius 1 is 1.06 bits per heavy atom. The Morgan fingerprint density at radius 3 is 2.47 bits per heavy atom. The van der Waals surface area contributed by atoms with Crippen LogP contribution in [0.2, 0.25) is 5.02 Å². The van der Waals surface area contributed by atoms with Crippen molar-refractivity contribution in [2.75, 3.05) is 10.6 Å². The number of hydrogen-bond acceptors (Lipinski definition) is 2. The van der Waals surface area contributed by atoms with Crippen molar-refractivity contribution < 1.29 is 0 Å². The summed E-state index contributed by atoms with van der Waals surface area (Å²) >= 11 is 10.9. The van der Waals surface area contributed by atoms with Crippen LogP contribution >= 0.6 is 23.8 Å². The molecule has 0 amide bonds. The van der Waals surface area contributed by atoms with Crippen molar-refractivity contribution in [3.8, 4) is 0 Å². The van der Waals surface area contributed by atoms with Crippen molar-refractivity contribution in [2.24, 2.45) is 0 Å². The van der Waals surface area contributed by atoms with E-state index in [9.17, 15) is 0 Å². The molecule has 0 spiro atoms. The van der Waals surface area contributed by atoms with Crippen LogP contribution in [-0.4, -0.2) is 10.1 Å². The second kappa shape index (κ2) is 5.61. The summed E-state index contributed by atoms with van der Waals surface area (Å²) < 4.78 is 0. The molecule has 0 fully saturated rings. The zero-order chi connectivity index (χ0) is 12.1. The first-order chi connectivity index (χ1) is 8.24. The molecule has 17 heavy (non-hydrogen) atoms. The third kappa shape index (κ3) is 3.69. The Morgan fingerprint density at radius 2 is 1.82 bits per heavy atom. The van der Waals surface area contributed by atoms with Crippen LogP contribution in [0.4, 0.5) is 11.5 Å². The van der Waals surface area contributed by atoms with Crippen LogP contribution in [0.1, 0.15) is 0 Å². The van der Waals surface area contributed by atoms with E-state index in [-0.39, 0.29) is 0 Å². The Hall–Kier alpha value is -1.65. The first kappa shape index (κ1) is 11.8. The molecular weight excluding hydrogens is 254 g/mol. The molecule has 0 aliphatic rings. The highest BCUT2D eigenvalue weighted by atomic mass is 35.5. The standard InChI is InChI=1S/C12H10ClN3S/c13-9-4-6-10(7-5-9)15-12(17)16-11-3-1-2-8-14-11/h1-8H,(H2,14,15,16,17). The Bertz CT molecular complexity index is 499. The number of nitrogens with zero attached hydrogens (tertiary/aromatic N) is 1. The van der Waals surface area contributed by atoms with Gasteiger partial charge >= 0.3 is 0 Å². The van der Waals surface area contributed by atoms with Crippen LogP contribution in [0.3, 0.4) is 0 Å². The van der Waals surface area contributed by atoms with Crippen LogP contribution in [0.25, 0.3) is 0 Å². The zero-order valence-electron chi connectivity index (χ0n) is 8.85. The maximum absolute atomic E-state index is 5.79. The molecule has 5 heteroatoms. The van der Waals surface area contributed by atoms with Gasteiger partial charge in [0, 0.05) is 16.9 Å². The average Bonchev–Trinajstić information content (AvgIpc) is 2.33. The molecular formula is C12H10ClN3S. The van der Waals surface area contributed by atoms with Gasteiger partial charge in [-0.1, -0.05) is 17.7 Å². The maximum atomic E-state index is 5.79. The fourth-order valence-electron chi connectivity index (χ4n) is 1.25. The molecule has 0 aliphatic carbocycles. The molecule has 0 bridgehead atoms. The average molecular weight is 264 g/mol. The van der Waals surface area contributed by atoms with Gasteiger partial charge in [-0.3, -0.25) is 0 Å². The zero-order valence-corrected chi connectivity index (χ0v) is 10.4. The minimum absolute atomic E-state index is 0.492. The second-order valence-electron chi connectivity index (χ2n) is 3.30. The molecule has 0 unspecified atom stereocenters. The lowest BCUT2D eigenvalue weighted by molar-refractivity contribution is 1.32. The fraction of sp³-hybridized carbons (Fsp3) is 0. The third-order valence-electron chi connectivity index (χ3n) is 2.01. The van der Waals surface area contributed by atoms with Crippen LogP contribution < -0.4 is 10.6 Å². The summed E-state index contributed by atoms with van der Waals surface area (Å²) in [6.07, 6.45) is 1.70. The van der Waals surface area contributed by atoms with Gasteiger partial charge in [0.25, 0.3) is 0 Å². The first-order valence-corrected chi connectivity index (χ1v) is 5.77. The molecule has 0 saturated heterocycles. The van der Waals surface area contributed by atoms with Crippen molar-refractivity contribution >= 4 is 40.4 Å². The summed E-state index contributed by atoms with van der Waals surface area (Å²) in [6.45, 7) is 0. The predicted molar refractivity (Wildman–Crippen MR) is 75.5 cm³/mol. The molecule has 0 radical (unpaired) electrons. The molecule has 1 aromatic heterocycles. The summed E-state index contributed by atoms with van der Waals surface area (Å²) in [6, 6.07) is 12.9. The third-order valence-corrected chi connectivity index (χ3v) is 2.46. The smallest absolute Gasteiger partial charge is 0.176 e. The number of hydrogen-bond donors (Lipinski definition) is 2. The topological polar surface area (TPSA) is 37.0 Å². The highest BCUT2D eigenvalue weighted by Gasteiger charge is 1.98. The van der Waals surface area contributed by atoms with Gasteiger partial charge in [0.15, 0.2) is 5.11 Å². The van der Waals surface area contributed by atoms with E-state index in [2.05, 4.69) is 15.6 Å². The highest BCUT2D eigenvalue weighted by Crippen LogP contribution is 2.13. The van der Waals surface area contributed by atoms with Crippen molar-refractivity contribution in [2.45, 2.75) is 0 Å². The Balaban J connectivity index is 1.96. The summed E-state index contributed by atoms with van der Waals surface area (Å²) in [5, 5.41) is 7.21. The molecule has 2 rings (SSSR count). The normalized spacial score (nSPS) is 9.71. The molecule has 86 valence electrons. The number of thiocarbonyl (C=S) groups is 1. The minimum atomic E-state index is 0.492. The molecule has 1 aromatic carbocycles. The first-order valence-electron chi connectivity index (χ1n) is 4.98. The van der Waals surface area contributed by atoms with Gasteiger partial charge in [0.2, 0.25) is 0 Å². The van der Waals surface area contributed by atoms with Gasteiger partial charge in [0.1, 0.15) is 5.82 Å². The highest BCUT2D eigenvalue weighted by molar-refractivity contribution is 7.80. The largest absolute Gasteiger partial charge is 0.332 e. The number of nitrogens with one attached hydrogen (secondary N) is 2. The number of pyridine rings is 1. The van der Waals surface area contributed by atoms with E-state index in [4.69, 9.17) is 23.8 Å². The summed E-state index contributed by atoms with van der Waals surface area (Å²) in [5.41, 5.74) is 0.878. The minimum Gasteiger partial charge on any atom is -0.332 e. The lowest BCUT2D eigenvalue weighted by Gasteiger charge is -2.09. The van der Waals surface area contributed by atoms with Crippen LogP contribution in [-0.2, 0) is 0 Å². The molecule has 0 atom stereocenters. The summed E-state index contributed by atoms with van der Waals surface area (Å²) in [7, 11) is 0. The van der Waals surface area contributed by atoms with E-state index in [0.29, 0.717) is 16.0 Å². The summed E-state index contributed by atoms with van der Waals surface area (Å²) in [5.74, 6) is 0.707. The van der Waals surface area contributed by atoms with E-state index >= 15 is 0 Å². The summed E-state index contributed by atoms with van der Waals surface area (Å²) in [4.78, 5) is 4.11. The fourth-order valence-corrected chi connectivity index (χ4v) is 1.60. The Labute approximate surface area is 110 Å². The SMILES string of the molecule is S=C(Nc1ccc(Cl)cc1)Nc1ccccn1. The Kier molecular flexibility index (Phi) is 3.90. The molecule has 2 N–H and O–H groups in total. The maximum Gasteiger partial charge on any atom is 0.176 e. The van der Waals surface area contributed by atoms with Crippen LogP contribution in [0, 0.1) is 0 Å². The van der Waals surface area contributed by atoms with Crippen LogP contribution in [0.5, 0.6) is 0 Å². The molecule has 1 heterocycles. The van der Waals surface area contributed by atoms with Crippen LogP contribution in [0.15, 0.2) is 48.7 Å². The number of aromatic nitrogens is 1. The second-order valence-corrected chi connectivity index (χ2v) is 4.15. The van der Waals surface area contributed by atoms with Gasteiger partial charge in [-0.15, -0.1) is 0 Å². The lowest BCUT2D eigenvalue weighted by atomic mass is 10.3. The van der Waals surface area contributed by atoms with Crippen molar-refractivity contribution in [1.29, 1.82) is 0 Å². The van der Waals surface area contributed by atoms with E-state index in [0.717, 1.165) is 5.69 Å². The van der Waals surface area contributed by atoms with E-state index in [1.54, 1.807) is 18.3 Å². The van der Waals surface area contributed by atoms with E-state index in [1.165, 1.54) is 0 Å². The van der Waals surface area contributed by atoms with E-state index in [1.807, 2.05) is 30.3 Å². The molecule has 2 aromatic rings. The van der Waals surface area contributed by atoms with Crippen molar-refractivity contribution in [3.63, 3.8) is 0 Å². The van der Waals surface area contributed by atoms with Gasteiger partial charge in [-0.25, -0.2) is 4.98 Å². The monoisotopic (exact) mass is 263 g/mol. The number of rotatable bonds is 2. The van der Waals surface area contributed by atoms with Gasteiger partial charge in [0.05, 0.1) is 0 Å². The van der Waals surface area contributed by atoms with E-state index < -0.39 is 0 Å². The van der Waals surface area contributed by atoms with Gasteiger partial charge in [-0.2, -0.15) is 0 Å². The van der Waals surface area contributed by atoms with Crippen molar-refractivity contribution in [3.05, 3.63) is 53.7 Å². The number of halogens is 1. The molecule has 3 nitrogen and oxygen atoms in total. The quantitative estimate of drug-likeness (QED) is 0.813. The van der Waals surface area contributed by atoms with Gasteiger partial charge in [-0.05, 0) is 48.6 Å². The van der Waals surface area contributed by atoms with Crippen molar-refractivity contribution in [1.82, 2.24) is 4.98 Å². The lowest BCUT2D eigenvalue weighted by Crippen LogP contribution is -2.19. The molecule has 0 saturated carbocycles. The molecule has 0 aliphatic heterocycles. The predicted octanol–water partition coefficient (Wildman–Crippen LogP) is 3.54.